The first-order chi connectivity index (χ1) is 12.8. The zero-order valence-corrected chi connectivity index (χ0v) is 15.6. The number of aromatic nitrogens is 1. The van der Waals surface area contributed by atoms with E-state index in [0.717, 1.165) is 27.4 Å². The molecule has 1 aromatic carbocycles. The van der Waals surface area contributed by atoms with E-state index in [1.54, 1.807) is 17.5 Å². The van der Waals surface area contributed by atoms with Gasteiger partial charge in [0.05, 0.1) is 17.2 Å². The third-order valence-corrected chi connectivity index (χ3v) is 4.87. The molecule has 2 aromatic heterocycles. The number of ether oxygens (including phenoxy) is 1. The Balaban J connectivity index is 1.53. The summed E-state index contributed by atoms with van der Waals surface area (Å²) in [6.45, 7) is 3.09. The van der Waals surface area contributed by atoms with E-state index in [1.165, 1.54) is 0 Å². The van der Waals surface area contributed by atoms with E-state index >= 15 is 0 Å². The standard InChI is InChI=1S/C21H22N2O2S/c1-2-25-19-7-4-3-6-17(19)9-10-21(24)23-15-16-11-12-22-18(14-16)20-8-5-13-26-20/h3-8,11-14H,2,9-10,15H2,1H3,(H,23,24). The maximum absolute atomic E-state index is 12.2. The highest BCUT2D eigenvalue weighted by Gasteiger charge is 2.07. The number of thiophene rings is 1. The predicted molar refractivity (Wildman–Crippen MR) is 105 cm³/mol. The van der Waals surface area contributed by atoms with Gasteiger partial charge in [0.15, 0.2) is 0 Å². The van der Waals surface area contributed by atoms with Gasteiger partial charge in [0.1, 0.15) is 5.75 Å². The van der Waals surface area contributed by atoms with Gasteiger partial charge in [-0.3, -0.25) is 9.78 Å². The number of rotatable bonds is 8. The predicted octanol–water partition coefficient (Wildman–Crippen LogP) is 4.46. The summed E-state index contributed by atoms with van der Waals surface area (Å²) in [5.74, 6) is 0.892. The monoisotopic (exact) mass is 366 g/mol. The molecule has 0 radical (unpaired) electrons. The summed E-state index contributed by atoms with van der Waals surface area (Å²) in [7, 11) is 0. The first kappa shape index (κ1) is 18.1. The summed E-state index contributed by atoms with van der Waals surface area (Å²) in [6, 6.07) is 15.9. The Hall–Kier alpha value is -2.66. The second kappa shape index (κ2) is 9.15. The van der Waals surface area contributed by atoms with E-state index in [2.05, 4.69) is 10.3 Å². The van der Waals surface area contributed by atoms with Gasteiger partial charge in [-0.25, -0.2) is 0 Å². The molecule has 0 unspecified atom stereocenters. The molecule has 0 bridgehead atoms. The Morgan fingerprint density at radius 1 is 1.19 bits per heavy atom. The number of amides is 1. The molecule has 0 aliphatic heterocycles. The molecule has 0 spiro atoms. The van der Waals surface area contributed by atoms with Gasteiger partial charge < -0.3 is 10.1 Å². The zero-order valence-electron chi connectivity index (χ0n) is 14.8. The highest BCUT2D eigenvalue weighted by Crippen LogP contribution is 2.23. The maximum atomic E-state index is 12.2. The molecule has 5 heteroatoms. The number of para-hydroxylation sites is 1. The molecule has 0 saturated carbocycles. The molecule has 0 saturated heterocycles. The fraction of sp³-hybridized carbons (Fsp3) is 0.238. The quantitative estimate of drug-likeness (QED) is 0.640. The first-order valence-corrected chi connectivity index (χ1v) is 9.60. The molecular formula is C21H22N2O2S. The minimum absolute atomic E-state index is 0.0331. The van der Waals surface area contributed by atoms with Crippen LogP contribution in [-0.2, 0) is 17.8 Å². The second-order valence-electron chi connectivity index (χ2n) is 5.84. The smallest absolute Gasteiger partial charge is 0.220 e. The number of hydrogen-bond donors (Lipinski definition) is 1. The lowest BCUT2D eigenvalue weighted by atomic mass is 10.1. The summed E-state index contributed by atoms with van der Waals surface area (Å²) in [6.07, 6.45) is 2.89. The number of aryl methyl sites for hydroxylation is 1. The average Bonchev–Trinajstić information content (AvgIpc) is 3.21. The number of carbonyl (C=O) groups is 1. The molecule has 3 aromatic rings. The van der Waals surface area contributed by atoms with Crippen LogP contribution < -0.4 is 10.1 Å². The summed E-state index contributed by atoms with van der Waals surface area (Å²) in [4.78, 5) is 17.7. The number of pyridine rings is 1. The maximum Gasteiger partial charge on any atom is 0.220 e. The lowest BCUT2D eigenvalue weighted by Gasteiger charge is -2.10. The van der Waals surface area contributed by atoms with Crippen molar-refractivity contribution in [3.63, 3.8) is 0 Å². The van der Waals surface area contributed by atoms with E-state index < -0.39 is 0 Å². The van der Waals surface area contributed by atoms with Crippen LogP contribution in [0.3, 0.4) is 0 Å². The Bertz CT molecular complexity index is 847. The highest BCUT2D eigenvalue weighted by molar-refractivity contribution is 7.13. The topological polar surface area (TPSA) is 51.2 Å². The zero-order chi connectivity index (χ0) is 18.2. The molecule has 2 heterocycles. The molecule has 0 atom stereocenters. The average molecular weight is 366 g/mol. The second-order valence-corrected chi connectivity index (χ2v) is 6.79. The van der Waals surface area contributed by atoms with Gasteiger partial charge >= 0.3 is 0 Å². The van der Waals surface area contributed by atoms with Crippen molar-refractivity contribution in [2.24, 2.45) is 0 Å². The molecule has 3 rings (SSSR count). The molecule has 0 aliphatic carbocycles. The Morgan fingerprint density at radius 2 is 2.08 bits per heavy atom. The molecule has 4 nitrogen and oxygen atoms in total. The van der Waals surface area contributed by atoms with Gasteiger partial charge in [-0.1, -0.05) is 24.3 Å². The van der Waals surface area contributed by atoms with Crippen LogP contribution in [0.15, 0.2) is 60.1 Å². The molecule has 1 amide bonds. The normalized spacial score (nSPS) is 10.5. The molecule has 26 heavy (non-hydrogen) atoms. The van der Waals surface area contributed by atoms with Gasteiger partial charge in [-0.15, -0.1) is 11.3 Å². The van der Waals surface area contributed by atoms with Gasteiger partial charge in [0.2, 0.25) is 5.91 Å². The van der Waals surface area contributed by atoms with Gasteiger partial charge in [0.25, 0.3) is 0 Å². The Morgan fingerprint density at radius 3 is 2.88 bits per heavy atom. The van der Waals surface area contributed by atoms with Crippen LogP contribution in [0.5, 0.6) is 5.75 Å². The fourth-order valence-corrected chi connectivity index (χ4v) is 3.38. The van der Waals surface area contributed by atoms with Crippen molar-refractivity contribution in [2.45, 2.75) is 26.3 Å². The van der Waals surface area contributed by atoms with Crippen LogP contribution in [0.25, 0.3) is 10.6 Å². The first-order valence-electron chi connectivity index (χ1n) is 8.72. The number of benzene rings is 1. The minimum atomic E-state index is 0.0331. The number of nitrogens with one attached hydrogen (secondary N) is 1. The fourth-order valence-electron chi connectivity index (χ4n) is 2.69. The van der Waals surface area contributed by atoms with E-state index in [-0.39, 0.29) is 5.91 Å². The Kier molecular flexibility index (Phi) is 6.39. The van der Waals surface area contributed by atoms with Crippen molar-refractivity contribution < 1.29 is 9.53 Å². The summed E-state index contributed by atoms with van der Waals surface area (Å²) in [5, 5.41) is 5.02. The van der Waals surface area contributed by atoms with Gasteiger partial charge in [0, 0.05) is 19.2 Å². The third kappa shape index (κ3) is 4.92. The van der Waals surface area contributed by atoms with Crippen LogP contribution in [0, 0.1) is 0 Å². The SMILES string of the molecule is CCOc1ccccc1CCC(=O)NCc1ccnc(-c2cccs2)c1. The van der Waals surface area contributed by atoms with E-state index in [0.29, 0.717) is 26.0 Å². The van der Waals surface area contributed by atoms with E-state index in [1.807, 2.05) is 60.8 Å². The van der Waals surface area contributed by atoms with Gasteiger partial charge in [-0.05, 0) is 54.1 Å². The van der Waals surface area contributed by atoms with Crippen LogP contribution in [0.2, 0.25) is 0 Å². The lowest BCUT2D eigenvalue weighted by Crippen LogP contribution is -2.23. The highest BCUT2D eigenvalue weighted by atomic mass is 32.1. The number of carbonyl (C=O) groups excluding carboxylic acids is 1. The third-order valence-electron chi connectivity index (χ3n) is 3.98. The van der Waals surface area contributed by atoms with Crippen molar-refractivity contribution in [1.82, 2.24) is 10.3 Å². The summed E-state index contributed by atoms with van der Waals surface area (Å²) >= 11 is 1.66. The van der Waals surface area contributed by atoms with Crippen LogP contribution in [-0.4, -0.2) is 17.5 Å². The van der Waals surface area contributed by atoms with Crippen LogP contribution in [0.1, 0.15) is 24.5 Å². The lowest BCUT2D eigenvalue weighted by molar-refractivity contribution is -0.121. The molecule has 0 fully saturated rings. The largest absolute Gasteiger partial charge is 0.494 e. The molecule has 0 aliphatic rings. The van der Waals surface area contributed by atoms with E-state index in [4.69, 9.17) is 4.74 Å². The van der Waals surface area contributed by atoms with Crippen molar-refractivity contribution >= 4 is 17.2 Å². The number of nitrogens with zero attached hydrogens (tertiary/aromatic N) is 1. The Labute approximate surface area is 157 Å². The summed E-state index contributed by atoms with van der Waals surface area (Å²) < 4.78 is 5.61. The molecule has 1 N–H and O–H groups in total. The van der Waals surface area contributed by atoms with E-state index in [9.17, 15) is 4.79 Å². The van der Waals surface area contributed by atoms with Crippen molar-refractivity contribution in [2.75, 3.05) is 6.61 Å². The molecular weight excluding hydrogens is 344 g/mol. The van der Waals surface area contributed by atoms with Crippen LogP contribution >= 0.6 is 11.3 Å². The minimum Gasteiger partial charge on any atom is -0.494 e. The van der Waals surface area contributed by atoms with Crippen molar-refractivity contribution in [3.05, 3.63) is 71.2 Å². The van der Waals surface area contributed by atoms with Crippen LogP contribution in [0.4, 0.5) is 0 Å². The van der Waals surface area contributed by atoms with Crippen molar-refractivity contribution in [1.29, 1.82) is 0 Å². The summed E-state index contributed by atoms with van der Waals surface area (Å²) in [5.41, 5.74) is 3.05. The van der Waals surface area contributed by atoms with Crippen molar-refractivity contribution in [3.8, 4) is 16.3 Å². The van der Waals surface area contributed by atoms with Gasteiger partial charge in [-0.2, -0.15) is 0 Å². The molecule has 134 valence electrons. The number of hydrogen-bond acceptors (Lipinski definition) is 4.